The standard InChI is InChI=1S/C52H46N16O4/c1-3-41(69)57-32-19-29(22-53-26-32)31-21-37-46(49-59-39-12-7-9-34(43(39)62-49)51(71)66-16-5-6-17-66)65-68(50(37)56-25-31)33-15-18-67(27-33)52(72)35-10-8-11-38-44(35)61-48(58-38)45-36-20-30(24-55-47(36)64-63-45)28-13-14-40(54-23-28)60-42(70)4-2/h7-14,19-26,33H,3-6,15-18,27H2,1-2H3,(H,57,69)(H,58,61)(H,59,62)(H,54,60,70)(H,55,63,64). The Labute approximate surface area is 409 Å². The zero-order chi connectivity index (χ0) is 49.0. The highest BCUT2D eigenvalue weighted by atomic mass is 16.2. The van der Waals surface area contributed by atoms with Crippen LogP contribution in [0.25, 0.3) is 89.4 Å². The number of nitrogens with zero attached hydrogens (tertiary/aromatic N) is 11. The van der Waals surface area contributed by atoms with Crippen molar-refractivity contribution in [3.8, 4) is 45.3 Å². The predicted octanol–water partition coefficient (Wildman–Crippen LogP) is 7.93. The van der Waals surface area contributed by atoms with E-state index in [0.29, 0.717) is 130 Å². The maximum atomic E-state index is 14.6. The number of hydrogen-bond donors (Lipinski definition) is 5. The van der Waals surface area contributed by atoms with Crippen molar-refractivity contribution < 1.29 is 19.2 Å². The van der Waals surface area contributed by atoms with Gasteiger partial charge in [-0.3, -0.25) is 29.3 Å². The van der Waals surface area contributed by atoms with Crippen molar-refractivity contribution in [2.45, 2.75) is 52.0 Å². The SMILES string of the molecule is CCC(=O)Nc1cncc(-c2cnc3c(c2)c(-c2nc4c(C(=O)N5CCCC5)cccc4[nH]2)nn3C2CCN(C(=O)c3cccc4[nH]c(-c5[nH]nc6ncc(-c7ccc(NC(=O)CC)nc7)cc56)nc34)C2)c1. The highest BCUT2D eigenvalue weighted by molar-refractivity contribution is 6.07. The van der Waals surface area contributed by atoms with Gasteiger partial charge in [-0.2, -0.15) is 10.2 Å². The number of carbonyl (C=O) groups excluding carboxylic acids is 4. The van der Waals surface area contributed by atoms with Crippen LogP contribution in [0.5, 0.6) is 0 Å². The van der Waals surface area contributed by atoms with Gasteiger partial charge < -0.3 is 30.4 Å². The van der Waals surface area contributed by atoms with E-state index in [1.807, 2.05) is 69.1 Å². The summed E-state index contributed by atoms with van der Waals surface area (Å²) in [5.74, 6) is 0.978. The molecule has 10 heterocycles. The minimum atomic E-state index is -0.247. The molecule has 0 bridgehead atoms. The van der Waals surface area contributed by atoms with Crippen molar-refractivity contribution in [1.82, 2.24) is 69.6 Å². The molecule has 2 aromatic carbocycles. The van der Waals surface area contributed by atoms with Crippen LogP contribution in [0.1, 0.15) is 72.7 Å². The van der Waals surface area contributed by atoms with Gasteiger partial charge >= 0.3 is 0 Å². The van der Waals surface area contributed by atoms with Crippen LogP contribution in [-0.2, 0) is 9.59 Å². The highest BCUT2D eigenvalue weighted by Crippen LogP contribution is 2.36. The van der Waals surface area contributed by atoms with Crippen molar-refractivity contribution >= 4 is 79.3 Å². The zero-order valence-corrected chi connectivity index (χ0v) is 39.2. The van der Waals surface area contributed by atoms with Crippen molar-refractivity contribution in [2.24, 2.45) is 0 Å². The molecule has 2 fully saturated rings. The minimum absolute atomic E-state index is 0.0472. The first-order valence-electron chi connectivity index (χ1n) is 24.0. The second-order valence-electron chi connectivity index (χ2n) is 18.0. The van der Waals surface area contributed by atoms with E-state index in [4.69, 9.17) is 20.1 Å². The normalized spacial score (nSPS) is 14.8. The molecule has 12 rings (SSSR count). The van der Waals surface area contributed by atoms with Crippen LogP contribution in [0.2, 0.25) is 0 Å². The van der Waals surface area contributed by atoms with E-state index >= 15 is 0 Å². The van der Waals surface area contributed by atoms with Gasteiger partial charge in [-0.1, -0.05) is 26.0 Å². The van der Waals surface area contributed by atoms with Crippen LogP contribution in [0.4, 0.5) is 11.5 Å². The van der Waals surface area contributed by atoms with Crippen molar-refractivity contribution in [3.63, 3.8) is 0 Å². The Balaban J connectivity index is 0.859. The van der Waals surface area contributed by atoms with E-state index in [1.54, 1.807) is 57.0 Å². The molecular formula is C52H46N16O4. The number of hydrogen-bond acceptors (Lipinski definition) is 12. The molecule has 20 heteroatoms. The first-order valence-corrected chi connectivity index (χ1v) is 24.0. The average Bonchev–Trinajstić information content (AvgIpc) is 4.29. The van der Waals surface area contributed by atoms with Gasteiger partial charge in [-0.15, -0.1) is 0 Å². The first-order chi connectivity index (χ1) is 35.2. The van der Waals surface area contributed by atoms with Crippen LogP contribution in [0, 0.1) is 0 Å². The van der Waals surface area contributed by atoms with E-state index < -0.39 is 0 Å². The zero-order valence-electron chi connectivity index (χ0n) is 39.2. The molecule has 1 unspecified atom stereocenters. The average molecular weight is 959 g/mol. The number of rotatable bonds is 11. The summed E-state index contributed by atoms with van der Waals surface area (Å²) in [6.07, 6.45) is 11.7. The number of nitrogens with one attached hydrogen (secondary N) is 5. The molecule has 1 atom stereocenters. The third-order valence-corrected chi connectivity index (χ3v) is 13.5. The molecule has 0 radical (unpaired) electrons. The summed E-state index contributed by atoms with van der Waals surface area (Å²) in [6.45, 7) is 5.82. The molecule has 0 aliphatic carbocycles. The van der Waals surface area contributed by atoms with Crippen LogP contribution in [0.15, 0.2) is 97.7 Å². The van der Waals surface area contributed by atoms with Gasteiger partial charge in [0.1, 0.15) is 28.2 Å². The fraction of sp³-hybridized carbons (Fsp3) is 0.231. The van der Waals surface area contributed by atoms with Crippen LogP contribution in [0.3, 0.4) is 0 Å². The number of H-pyrrole nitrogens is 3. The Morgan fingerprint density at radius 2 is 1.33 bits per heavy atom. The lowest BCUT2D eigenvalue weighted by Gasteiger charge is -2.17. The van der Waals surface area contributed by atoms with Gasteiger partial charge in [0.15, 0.2) is 22.9 Å². The lowest BCUT2D eigenvalue weighted by molar-refractivity contribution is -0.116. The lowest BCUT2D eigenvalue weighted by atomic mass is 10.1. The minimum Gasteiger partial charge on any atom is -0.339 e. The van der Waals surface area contributed by atoms with Crippen LogP contribution < -0.4 is 10.6 Å². The number of likely N-dealkylation sites (tertiary alicyclic amines) is 2. The molecule has 2 saturated heterocycles. The molecule has 0 spiro atoms. The van der Waals surface area contributed by atoms with E-state index in [2.05, 4.69) is 45.8 Å². The van der Waals surface area contributed by atoms with Gasteiger partial charge in [0.05, 0.1) is 50.9 Å². The molecule has 0 saturated carbocycles. The van der Waals surface area contributed by atoms with E-state index in [0.717, 1.165) is 40.5 Å². The van der Waals surface area contributed by atoms with Crippen molar-refractivity contribution in [3.05, 3.63) is 109 Å². The molecule has 72 heavy (non-hydrogen) atoms. The number of para-hydroxylation sites is 2. The molecule has 8 aromatic heterocycles. The third kappa shape index (κ3) is 7.91. The number of fused-ring (bicyclic) bond motifs is 4. The van der Waals surface area contributed by atoms with Crippen LogP contribution >= 0.6 is 0 Å². The summed E-state index contributed by atoms with van der Waals surface area (Å²) in [7, 11) is 0. The van der Waals surface area contributed by atoms with Crippen LogP contribution in [-0.4, -0.2) is 119 Å². The Kier molecular flexibility index (Phi) is 11.0. The summed E-state index contributed by atoms with van der Waals surface area (Å²) >= 11 is 0. The number of pyridine rings is 4. The van der Waals surface area contributed by atoms with Gasteiger partial charge in [0, 0.05) is 86.1 Å². The summed E-state index contributed by atoms with van der Waals surface area (Å²) in [6, 6.07) is 20.3. The molecule has 5 N–H and O–H groups in total. The Morgan fingerprint density at radius 1 is 0.667 bits per heavy atom. The van der Waals surface area contributed by atoms with Crippen molar-refractivity contribution in [1.29, 1.82) is 0 Å². The largest absolute Gasteiger partial charge is 0.339 e. The monoisotopic (exact) mass is 958 g/mol. The Hall–Kier alpha value is -9.20. The number of imidazole rings is 2. The number of benzene rings is 2. The molecule has 4 amide bonds. The van der Waals surface area contributed by atoms with Crippen molar-refractivity contribution in [2.75, 3.05) is 36.8 Å². The molecular weight excluding hydrogens is 913 g/mol. The van der Waals surface area contributed by atoms with E-state index in [1.165, 1.54) is 0 Å². The predicted molar refractivity (Wildman–Crippen MR) is 271 cm³/mol. The van der Waals surface area contributed by atoms with E-state index in [-0.39, 0.29) is 29.7 Å². The summed E-state index contributed by atoms with van der Waals surface area (Å²) in [4.78, 5) is 91.5. The maximum absolute atomic E-state index is 14.6. The van der Waals surface area contributed by atoms with E-state index in [9.17, 15) is 19.2 Å². The summed E-state index contributed by atoms with van der Waals surface area (Å²) < 4.78 is 1.88. The molecule has 358 valence electrons. The third-order valence-electron chi connectivity index (χ3n) is 13.5. The fourth-order valence-electron chi connectivity index (χ4n) is 9.66. The first kappa shape index (κ1) is 44.0. The second kappa shape index (κ2) is 18.0. The van der Waals surface area contributed by atoms with Gasteiger partial charge in [0.25, 0.3) is 11.8 Å². The Morgan fingerprint density at radius 3 is 2.08 bits per heavy atom. The smallest absolute Gasteiger partial charge is 0.256 e. The second-order valence-corrected chi connectivity index (χ2v) is 18.0. The topological polar surface area (TPSA) is 254 Å². The number of aromatic amines is 3. The van der Waals surface area contributed by atoms with Gasteiger partial charge in [-0.05, 0) is 73.9 Å². The quantitative estimate of drug-likeness (QED) is 0.0828. The number of amides is 4. The molecule has 10 aromatic rings. The lowest BCUT2D eigenvalue weighted by Crippen LogP contribution is -2.29. The molecule has 20 nitrogen and oxygen atoms in total. The number of carbonyl (C=O) groups is 4. The fourth-order valence-corrected chi connectivity index (χ4v) is 9.66. The molecule has 2 aliphatic rings. The maximum Gasteiger partial charge on any atom is 0.256 e. The Bertz CT molecular complexity index is 3790. The number of anilines is 2. The summed E-state index contributed by atoms with van der Waals surface area (Å²) in [5, 5.41) is 19.8. The van der Waals surface area contributed by atoms with Gasteiger partial charge in [0.2, 0.25) is 11.8 Å². The van der Waals surface area contributed by atoms with Gasteiger partial charge in [-0.25, -0.2) is 29.6 Å². The summed E-state index contributed by atoms with van der Waals surface area (Å²) in [5.41, 5.74) is 9.36. The highest BCUT2D eigenvalue weighted by Gasteiger charge is 2.33. The molecule has 2 aliphatic heterocycles. The number of aromatic nitrogens is 12.